The second-order valence-corrected chi connectivity index (χ2v) is 12.4. The standard InChI is InChI=1S/C43H70O6/c1-3-5-7-9-11-13-15-17-19-21-23-25-27-29-31-33-38-47-42(45)36-37-43(46)49-40-34-39-48-41(44)35-32-30-28-26-24-22-20-18-16-14-12-10-8-6-4-2/h11-14,17-20,23-26H,3-10,15-16,21-22,27-40H2,1-2H3. The van der Waals surface area contributed by atoms with E-state index in [9.17, 15) is 14.4 Å². The van der Waals surface area contributed by atoms with Crippen LogP contribution < -0.4 is 0 Å². The van der Waals surface area contributed by atoms with Crippen molar-refractivity contribution in [2.75, 3.05) is 19.8 Å². The van der Waals surface area contributed by atoms with Gasteiger partial charge in [0.1, 0.15) is 0 Å². The van der Waals surface area contributed by atoms with Gasteiger partial charge in [0.15, 0.2) is 0 Å². The molecule has 0 saturated heterocycles. The number of ether oxygens (including phenoxy) is 3. The molecular weight excluding hydrogens is 612 g/mol. The van der Waals surface area contributed by atoms with Crippen LogP contribution >= 0.6 is 0 Å². The van der Waals surface area contributed by atoms with Crippen LogP contribution in [0.25, 0.3) is 0 Å². The number of carbonyl (C=O) groups excluding carboxylic acids is 3. The van der Waals surface area contributed by atoms with Crippen molar-refractivity contribution < 1.29 is 28.6 Å². The molecule has 0 rings (SSSR count). The summed E-state index contributed by atoms with van der Waals surface area (Å²) >= 11 is 0. The first kappa shape index (κ1) is 45.9. The van der Waals surface area contributed by atoms with Gasteiger partial charge in [-0.15, -0.1) is 0 Å². The van der Waals surface area contributed by atoms with E-state index >= 15 is 0 Å². The molecule has 0 atom stereocenters. The fraction of sp³-hybridized carbons (Fsp3) is 0.651. The molecule has 0 spiro atoms. The van der Waals surface area contributed by atoms with E-state index in [4.69, 9.17) is 14.2 Å². The van der Waals surface area contributed by atoms with Crippen LogP contribution in [0, 0.1) is 0 Å². The zero-order valence-corrected chi connectivity index (χ0v) is 31.3. The van der Waals surface area contributed by atoms with Gasteiger partial charge in [0.2, 0.25) is 0 Å². The number of rotatable bonds is 34. The highest BCUT2D eigenvalue weighted by Crippen LogP contribution is 2.06. The molecule has 0 aliphatic rings. The average molecular weight is 683 g/mol. The maximum Gasteiger partial charge on any atom is 0.306 e. The molecule has 0 fully saturated rings. The minimum atomic E-state index is -0.443. The Morgan fingerprint density at radius 2 is 0.673 bits per heavy atom. The topological polar surface area (TPSA) is 78.9 Å². The van der Waals surface area contributed by atoms with Gasteiger partial charge in [-0.1, -0.05) is 112 Å². The molecule has 278 valence electrons. The van der Waals surface area contributed by atoms with E-state index in [0.717, 1.165) is 70.6 Å². The number of allylic oxidation sites excluding steroid dienone is 12. The summed E-state index contributed by atoms with van der Waals surface area (Å²) in [6.07, 6.45) is 48.1. The van der Waals surface area contributed by atoms with E-state index in [0.29, 0.717) is 19.4 Å². The molecule has 0 radical (unpaired) electrons. The van der Waals surface area contributed by atoms with Crippen LogP contribution in [0.1, 0.15) is 162 Å². The summed E-state index contributed by atoms with van der Waals surface area (Å²) in [6, 6.07) is 0. The largest absolute Gasteiger partial charge is 0.466 e. The van der Waals surface area contributed by atoms with Crippen molar-refractivity contribution in [3.8, 4) is 0 Å². The Balaban J connectivity index is 3.54. The van der Waals surface area contributed by atoms with Gasteiger partial charge in [-0.2, -0.15) is 0 Å². The van der Waals surface area contributed by atoms with Crippen LogP contribution in [0.3, 0.4) is 0 Å². The van der Waals surface area contributed by atoms with Crippen LogP contribution in [0.5, 0.6) is 0 Å². The highest BCUT2D eigenvalue weighted by molar-refractivity contribution is 5.77. The smallest absolute Gasteiger partial charge is 0.306 e. The Kier molecular flexibility index (Phi) is 36.8. The lowest BCUT2D eigenvalue weighted by Crippen LogP contribution is -2.13. The van der Waals surface area contributed by atoms with Crippen molar-refractivity contribution in [3.05, 3.63) is 72.9 Å². The average Bonchev–Trinajstić information content (AvgIpc) is 3.10. The van der Waals surface area contributed by atoms with Gasteiger partial charge in [0.05, 0.1) is 32.7 Å². The number of carbonyl (C=O) groups is 3. The minimum Gasteiger partial charge on any atom is -0.466 e. The van der Waals surface area contributed by atoms with Gasteiger partial charge in [-0.25, -0.2) is 0 Å². The van der Waals surface area contributed by atoms with E-state index in [1.165, 1.54) is 51.4 Å². The number of esters is 3. The van der Waals surface area contributed by atoms with E-state index in [1.54, 1.807) is 0 Å². The van der Waals surface area contributed by atoms with Gasteiger partial charge in [-0.05, 0) is 96.3 Å². The third-order valence-corrected chi connectivity index (χ3v) is 7.67. The molecular formula is C43H70O6. The zero-order chi connectivity index (χ0) is 35.7. The molecule has 6 nitrogen and oxygen atoms in total. The predicted molar refractivity (Wildman–Crippen MR) is 205 cm³/mol. The maximum absolute atomic E-state index is 11.9. The van der Waals surface area contributed by atoms with Crippen molar-refractivity contribution in [2.45, 2.75) is 162 Å². The Labute approximate surface area is 300 Å². The molecule has 0 aromatic rings. The molecule has 49 heavy (non-hydrogen) atoms. The van der Waals surface area contributed by atoms with Crippen LogP contribution in [0.2, 0.25) is 0 Å². The Hall–Kier alpha value is -3.15. The summed E-state index contributed by atoms with van der Waals surface area (Å²) in [5.74, 6) is -1.04. The SMILES string of the molecule is CCCCCC=CCC=CCC=CCCCCCOC(=O)CCC(=O)OCCCOC(=O)CCCCC=CCC=CCC=CCCCCC. The summed E-state index contributed by atoms with van der Waals surface area (Å²) in [6.45, 7) is 5.22. The summed E-state index contributed by atoms with van der Waals surface area (Å²) in [5, 5.41) is 0. The summed E-state index contributed by atoms with van der Waals surface area (Å²) in [4.78, 5) is 35.7. The monoisotopic (exact) mass is 683 g/mol. The van der Waals surface area contributed by atoms with E-state index in [1.807, 2.05) is 0 Å². The summed E-state index contributed by atoms with van der Waals surface area (Å²) in [5.41, 5.74) is 0. The third kappa shape index (κ3) is 39.2. The van der Waals surface area contributed by atoms with E-state index in [-0.39, 0.29) is 38.0 Å². The second-order valence-electron chi connectivity index (χ2n) is 12.4. The van der Waals surface area contributed by atoms with Crippen LogP contribution in [-0.2, 0) is 28.6 Å². The molecule has 0 unspecified atom stereocenters. The Morgan fingerprint density at radius 1 is 0.347 bits per heavy atom. The summed E-state index contributed by atoms with van der Waals surface area (Å²) < 4.78 is 15.6. The molecule has 6 heteroatoms. The fourth-order valence-corrected chi connectivity index (χ4v) is 4.69. The molecule has 0 aromatic carbocycles. The third-order valence-electron chi connectivity index (χ3n) is 7.67. The van der Waals surface area contributed by atoms with Crippen molar-refractivity contribution >= 4 is 17.9 Å². The highest BCUT2D eigenvalue weighted by Gasteiger charge is 2.09. The predicted octanol–water partition coefficient (Wildman–Crippen LogP) is 12.0. The van der Waals surface area contributed by atoms with Gasteiger partial charge < -0.3 is 14.2 Å². The van der Waals surface area contributed by atoms with E-state index < -0.39 is 5.97 Å². The van der Waals surface area contributed by atoms with Crippen molar-refractivity contribution in [2.24, 2.45) is 0 Å². The van der Waals surface area contributed by atoms with Gasteiger partial charge in [0, 0.05) is 12.8 Å². The zero-order valence-electron chi connectivity index (χ0n) is 31.3. The molecule has 0 heterocycles. The molecule has 0 saturated carbocycles. The molecule has 0 aliphatic carbocycles. The first-order valence-electron chi connectivity index (χ1n) is 19.5. The second kappa shape index (κ2) is 39.3. The normalized spacial score (nSPS) is 12.1. The first-order chi connectivity index (χ1) is 24.1. The minimum absolute atomic E-state index is 0.00558. The number of unbranched alkanes of at least 4 members (excludes halogenated alkanes) is 11. The number of hydrogen-bond donors (Lipinski definition) is 0. The number of hydrogen-bond acceptors (Lipinski definition) is 6. The quantitative estimate of drug-likeness (QED) is 0.0291. The Bertz CT molecular complexity index is 955. The molecule has 0 bridgehead atoms. The lowest BCUT2D eigenvalue weighted by atomic mass is 10.1. The Morgan fingerprint density at radius 3 is 1.08 bits per heavy atom. The van der Waals surface area contributed by atoms with E-state index in [2.05, 4.69) is 86.8 Å². The fourth-order valence-electron chi connectivity index (χ4n) is 4.69. The van der Waals surface area contributed by atoms with Gasteiger partial charge >= 0.3 is 17.9 Å². The van der Waals surface area contributed by atoms with Crippen molar-refractivity contribution in [3.63, 3.8) is 0 Å². The molecule has 0 N–H and O–H groups in total. The van der Waals surface area contributed by atoms with Crippen LogP contribution in [0.15, 0.2) is 72.9 Å². The molecule has 0 aliphatic heterocycles. The lowest BCUT2D eigenvalue weighted by molar-refractivity contribution is -0.151. The molecule has 0 aromatic heterocycles. The van der Waals surface area contributed by atoms with Crippen molar-refractivity contribution in [1.82, 2.24) is 0 Å². The lowest BCUT2D eigenvalue weighted by Gasteiger charge is -2.07. The maximum atomic E-state index is 11.9. The van der Waals surface area contributed by atoms with Crippen molar-refractivity contribution in [1.29, 1.82) is 0 Å². The molecule has 0 amide bonds. The van der Waals surface area contributed by atoms with Crippen LogP contribution in [-0.4, -0.2) is 37.7 Å². The first-order valence-corrected chi connectivity index (χ1v) is 19.5. The highest BCUT2D eigenvalue weighted by atomic mass is 16.5. The summed E-state index contributed by atoms with van der Waals surface area (Å²) in [7, 11) is 0. The van der Waals surface area contributed by atoms with Crippen LogP contribution in [0.4, 0.5) is 0 Å². The van der Waals surface area contributed by atoms with Gasteiger partial charge in [0.25, 0.3) is 0 Å². The van der Waals surface area contributed by atoms with Gasteiger partial charge in [-0.3, -0.25) is 14.4 Å².